The first kappa shape index (κ1) is 35.1. The fraction of sp³-hybridized carbons (Fsp3) is 0.342. The third-order valence-corrected chi connectivity index (χ3v) is 7.07. The van der Waals surface area contributed by atoms with Crippen LogP contribution >= 0.6 is 0 Å². The summed E-state index contributed by atoms with van der Waals surface area (Å²) >= 11 is 0. The van der Waals surface area contributed by atoms with E-state index in [4.69, 9.17) is 0 Å². The highest BCUT2D eigenvalue weighted by atomic mass is 19.1. The Labute approximate surface area is 259 Å². The quantitative estimate of drug-likeness (QED) is 0.201. The maximum absolute atomic E-state index is 16.3. The second-order valence-corrected chi connectivity index (χ2v) is 10.4. The van der Waals surface area contributed by atoms with E-state index in [0.717, 1.165) is 39.8 Å². The Morgan fingerprint density at radius 3 is 1.77 bits per heavy atom. The highest BCUT2D eigenvalue weighted by Gasteiger charge is 2.23. The van der Waals surface area contributed by atoms with Crippen molar-refractivity contribution < 1.29 is 4.39 Å². The molecular weight excluding hydrogens is 531 g/mol. The number of rotatable bonds is 6. The molecule has 3 heterocycles. The molecule has 228 valence electrons. The average Bonchev–Trinajstić information content (AvgIpc) is 3.53. The molecule has 0 amide bonds. The zero-order valence-corrected chi connectivity index (χ0v) is 27.7. The fourth-order valence-corrected chi connectivity index (χ4v) is 4.23. The van der Waals surface area contributed by atoms with Crippen LogP contribution in [0.1, 0.15) is 73.4 Å². The van der Waals surface area contributed by atoms with E-state index in [-0.39, 0.29) is 5.82 Å². The number of hydrogen-bond donors (Lipinski definition) is 0. The summed E-state index contributed by atoms with van der Waals surface area (Å²) in [6, 6.07) is 21.2. The van der Waals surface area contributed by atoms with Gasteiger partial charge in [0.05, 0.1) is 17.1 Å². The molecule has 5 rings (SSSR count). The average molecular weight is 581 g/mol. The van der Waals surface area contributed by atoms with Crippen LogP contribution in [0.2, 0.25) is 0 Å². The van der Waals surface area contributed by atoms with Gasteiger partial charge in [-0.2, -0.15) is 0 Å². The summed E-state index contributed by atoms with van der Waals surface area (Å²) in [4.78, 5) is 13.6. The van der Waals surface area contributed by atoms with Crippen molar-refractivity contribution in [2.24, 2.45) is 11.8 Å². The van der Waals surface area contributed by atoms with Crippen molar-refractivity contribution in [3.63, 3.8) is 0 Å². The van der Waals surface area contributed by atoms with Gasteiger partial charge in [0, 0.05) is 41.5 Å². The SMILES string of the molecule is CC.CC.CC(C)C(C)C.CCc1c(-c2ccccn2)cc(-c2ccccn2)c(F)c1-n1ccnc1-c1cccc(C)c1. The van der Waals surface area contributed by atoms with Gasteiger partial charge in [0.15, 0.2) is 5.82 Å². The van der Waals surface area contributed by atoms with Crippen LogP contribution in [0.15, 0.2) is 91.5 Å². The molecule has 2 aromatic carbocycles. The Balaban J connectivity index is 0.000000570. The first-order chi connectivity index (χ1) is 20.8. The summed E-state index contributed by atoms with van der Waals surface area (Å²) in [6.07, 6.45) is 7.60. The van der Waals surface area contributed by atoms with Crippen LogP contribution in [0.25, 0.3) is 39.6 Å². The van der Waals surface area contributed by atoms with Crippen LogP contribution in [-0.4, -0.2) is 19.5 Å². The molecule has 0 spiro atoms. The van der Waals surface area contributed by atoms with Gasteiger partial charge in [-0.3, -0.25) is 14.5 Å². The number of imidazole rings is 1. The zero-order chi connectivity index (χ0) is 31.9. The van der Waals surface area contributed by atoms with Gasteiger partial charge in [-0.15, -0.1) is 0 Å². The second-order valence-electron chi connectivity index (χ2n) is 10.4. The number of aryl methyl sites for hydroxylation is 1. The van der Waals surface area contributed by atoms with Gasteiger partial charge in [0.1, 0.15) is 5.82 Å². The minimum atomic E-state index is -0.322. The topological polar surface area (TPSA) is 43.6 Å². The van der Waals surface area contributed by atoms with Crippen LogP contribution in [0.5, 0.6) is 0 Å². The number of benzene rings is 2. The molecule has 0 N–H and O–H groups in total. The Morgan fingerprint density at radius 1 is 0.698 bits per heavy atom. The summed E-state index contributed by atoms with van der Waals surface area (Å²) in [6.45, 7) is 21.0. The van der Waals surface area contributed by atoms with Crippen molar-refractivity contribution in [1.82, 2.24) is 19.5 Å². The molecule has 0 atom stereocenters. The first-order valence-electron chi connectivity index (χ1n) is 15.6. The van der Waals surface area contributed by atoms with Crippen molar-refractivity contribution in [2.75, 3.05) is 0 Å². The van der Waals surface area contributed by atoms with Crippen LogP contribution in [-0.2, 0) is 6.42 Å². The molecule has 0 aliphatic heterocycles. The minimum absolute atomic E-state index is 0.322. The molecule has 0 fully saturated rings. The molecule has 43 heavy (non-hydrogen) atoms. The Hall–Kier alpha value is -4.12. The first-order valence-corrected chi connectivity index (χ1v) is 15.6. The minimum Gasteiger partial charge on any atom is -0.297 e. The van der Waals surface area contributed by atoms with Crippen LogP contribution in [0, 0.1) is 24.6 Å². The molecule has 0 radical (unpaired) electrons. The summed E-state index contributed by atoms with van der Waals surface area (Å²) < 4.78 is 18.2. The highest BCUT2D eigenvalue weighted by molar-refractivity contribution is 5.79. The van der Waals surface area contributed by atoms with Crippen molar-refractivity contribution in [2.45, 2.75) is 75.7 Å². The van der Waals surface area contributed by atoms with E-state index in [9.17, 15) is 0 Å². The molecule has 3 aromatic heterocycles. The van der Waals surface area contributed by atoms with E-state index in [0.29, 0.717) is 29.2 Å². The highest BCUT2D eigenvalue weighted by Crippen LogP contribution is 2.38. The van der Waals surface area contributed by atoms with Crippen LogP contribution < -0.4 is 0 Å². The predicted molar refractivity (Wildman–Crippen MR) is 182 cm³/mol. The number of hydrogen-bond acceptors (Lipinski definition) is 3. The molecular formula is C38H49FN4. The monoisotopic (exact) mass is 580 g/mol. The van der Waals surface area contributed by atoms with E-state index in [1.54, 1.807) is 18.6 Å². The molecule has 5 aromatic rings. The van der Waals surface area contributed by atoms with Crippen LogP contribution in [0.4, 0.5) is 4.39 Å². The van der Waals surface area contributed by atoms with E-state index >= 15 is 4.39 Å². The largest absolute Gasteiger partial charge is 0.297 e. The summed E-state index contributed by atoms with van der Waals surface area (Å²) in [5.74, 6) is 2.07. The third-order valence-electron chi connectivity index (χ3n) is 7.07. The lowest BCUT2D eigenvalue weighted by atomic mass is 9.94. The lowest BCUT2D eigenvalue weighted by Crippen LogP contribution is -2.08. The van der Waals surface area contributed by atoms with Crippen LogP contribution in [0.3, 0.4) is 0 Å². The maximum atomic E-state index is 16.3. The van der Waals surface area contributed by atoms with E-state index < -0.39 is 0 Å². The molecule has 0 aliphatic carbocycles. The summed E-state index contributed by atoms with van der Waals surface area (Å²) in [7, 11) is 0. The lowest BCUT2D eigenvalue weighted by Gasteiger charge is -2.20. The van der Waals surface area contributed by atoms with Crippen molar-refractivity contribution in [3.8, 4) is 39.6 Å². The lowest BCUT2D eigenvalue weighted by molar-refractivity contribution is 0.457. The van der Waals surface area contributed by atoms with Gasteiger partial charge in [-0.1, -0.05) is 98.2 Å². The third kappa shape index (κ3) is 8.93. The van der Waals surface area contributed by atoms with Gasteiger partial charge >= 0.3 is 0 Å². The second kappa shape index (κ2) is 17.7. The number of aromatic nitrogens is 4. The summed E-state index contributed by atoms with van der Waals surface area (Å²) in [5.41, 5.74) is 6.11. The van der Waals surface area contributed by atoms with E-state index in [2.05, 4.69) is 48.7 Å². The Morgan fingerprint density at radius 2 is 1.28 bits per heavy atom. The summed E-state index contributed by atoms with van der Waals surface area (Å²) in [5, 5.41) is 0. The van der Waals surface area contributed by atoms with Gasteiger partial charge in [0.25, 0.3) is 0 Å². The number of nitrogens with zero attached hydrogens (tertiary/aromatic N) is 4. The molecule has 0 aliphatic rings. The van der Waals surface area contributed by atoms with Gasteiger partial charge in [0.2, 0.25) is 0 Å². The van der Waals surface area contributed by atoms with Crippen molar-refractivity contribution >= 4 is 0 Å². The smallest absolute Gasteiger partial charge is 0.156 e. The normalized spacial score (nSPS) is 10.3. The standard InChI is InChI=1S/C28H23FN4.C6H14.2C2H6/c1-3-21-22(24-11-4-6-13-30-24)18-23(25-12-5-7-14-31-25)26(29)27(21)33-16-15-32-28(33)20-10-8-9-19(2)17-20;1-5(2)6(3)4;2*1-2/h4-18H,3H2,1-2H3;5-6H,1-4H3;2*1-2H3. The molecule has 0 bridgehead atoms. The van der Waals surface area contributed by atoms with Gasteiger partial charge < -0.3 is 0 Å². The number of halogens is 1. The molecule has 5 heteroatoms. The van der Waals surface area contributed by atoms with Gasteiger partial charge in [-0.05, 0) is 67.1 Å². The molecule has 0 unspecified atom stereocenters. The zero-order valence-electron chi connectivity index (χ0n) is 27.7. The van der Waals surface area contributed by atoms with Gasteiger partial charge in [-0.25, -0.2) is 9.37 Å². The van der Waals surface area contributed by atoms with Crippen molar-refractivity contribution in [3.05, 3.63) is 108 Å². The maximum Gasteiger partial charge on any atom is 0.156 e. The molecule has 4 nitrogen and oxygen atoms in total. The predicted octanol–water partition coefficient (Wildman–Crippen LogP) is 11.0. The molecule has 0 saturated carbocycles. The number of pyridine rings is 2. The Bertz CT molecular complexity index is 1500. The Kier molecular flexibility index (Phi) is 14.5. The van der Waals surface area contributed by atoms with E-state index in [1.807, 2.05) is 113 Å². The van der Waals surface area contributed by atoms with Crippen molar-refractivity contribution in [1.29, 1.82) is 0 Å². The molecule has 0 saturated heterocycles. The van der Waals surface area contributed by atoms with E-state index in [1.165, 1.54) is 0 Å². The fourth-order valence-electron chi connectivity index (χ4n) is 4.23.